The van der Waals surface area contributed by atoms with Crippen LogP contribution in [0.1, 0.15) is 5.56 Å². The van der Waals surface area contributed by atoms with E-state index in [2.05, 4.69) is 36.6 Å². The Morgan fingerprint density at radius 1 is 1.14 bits per heavy atom. The zero-order valence-electron chi connectivity index (χ0n) is 10.8. The van der Waals surface area contributed by atoms with Crippen LogP contribution in [-0.4, -0.2) is 8.42 Å². The number of nitrogen functional groups attached to an aromatic ring is 1. The van der Waals surface area contributed by atoms with Crippen molar-refractivity contribution in [1.29, 1.82) is 0 Å². The van der Waals surface area contributed by atoms with Crippen LogP contribution in [0.2, 0.25) is 0 Å². The van der Waals surface area contributed by atoms with Crippen molar-refractivity contribution in [3.8, 4) is 0 Å². The molecule has 0 heterocycles. The molecular weight excluding hydrogens is 427 g/mol. The minimum absolute atomic E-state index is 0.0336. The van der Waals surface area contributed by atoms with Crippen molar-refractivity contribution in [2.75, 3.05) is 10.5 Å². The minimum Gasteiger partial charge on any atom is -0.398 e. The first kappa shape index (κ1) is 16.3. The molecule has 4 nitrogen and oxygen atoms in total. The van der Waals surface area contributed by atoms with Gasteiger partial charge in [-0.05, 0) is 74.7 Å². The molecule has 2 rings (SSSR count). The molecule has 0 fully saturated rings. The van der Waals surface area contributed by atoms with Crippen molar-refractivity contribution in [1.82, 2.24) is 0 Å². The molecule has 0 aliphatic rings. The van der Waals surface area contributed by atoms with E-state index in [0.29, 0.717) is 15.7 Å². The van der Waals surface area contributed by atoms with Gasteiger partial charge in [-0.25, -0.2) is 12.8 Å². The molecule has 112 valence electrons. The summed E-state index contributed by atoms with van der Waals surface area (Å²) in [7, 11) is -3.82. The lowest BCUT2D eigenvalue weighted by Crippen LogP contribution is -2.14. The zero-order chi connectivity index (χ0) is 15.8. The first-order valence-electron chi connectivity index (χ1n) is 5.74. The highest BCUT2D eigenvalue weighted by Gasteiger charge is 2.17. The number of nitrogens with two attached hydrogens (primary N) is 1. The Morgan fingerprint density at radius 3 is 2.43 bits per heavy atom. The van der Waals surface area contributed by atoms with Crippen LogP contribution in [-0.2, 0) is 10.0 Å². The average Bonchev–Trinajstić information content (AvgIpc) is 2.39. The Morgan fingerprint density at radius 2 is 1.81 bits per heavy atom. The van der Waals surface area contributed by atoms with Crippen molar-refractivity contribution in [3.05, 3.63) is 50.7 Å². The SMILES string of the molecule is Cc1cc(Br)c(F)cc1NS(=O)(=O)c1ccc(N)c(Br)c1. The Bertz CT molecular complexity index is 810. The maximum atomic E-state index is 13.5. The van der Waals surface area contributed by atoms with Crippen LogP contribution in [0.4, 0.5) is 15.8 Å². The summed E-state index contributed by atoms with van der Waals surface area (Å²) in [5.41, 5.74) is 6.84. The van der Waals surface area contributed by atoms with Crippen LogP contribution in [0.5, 0.6) is 0 Å². The topological polar surface area (TPSA) is 72.2 Å². The molecule has 0 amide bonds. The summed E-state index contributed by atoms with van der Waals surface area (Å²) in [6.45, 7) is 1.68. The molecule has 0 unspecified atom stereocenters. The van der Waals surface area contributed by atoms with Gasteiger partial charge in [0.25, 0.3) is 10.0 Å². The van der Waals surface area contributed by atoms with Crippen LogP contribution in [0.15, 0.2) is 44.2 Å². The molecule has 0 radical (unpaired) electrons. The minimum atomic E-state index is -3.82. The van der Waals surface area contributed by atoms with Crippen LogP contribution < -0.4 is 10.5 Å². The highest BCUT2D eigenvalue weighted by atomic mass is 79.9. The third-order valence-corrected chi connectivity index (χ3v) is 5.45. The second-order valence-electron chi connectivity index (χ2n) is 4.37. The Hall–Kier alpha value is -1.12. The normalized spacial score (nSPS) is 11.4. The van der Waals surface area contributed by atoms with E-state index in [1.165, 1.54) is 24.3 Å². The van der Waals surface area contributed by atoms with Gasteiger partial charge in [-0.2, -0.15) is 0 Å². The van der Waals surface area contributed by atoms with Gasteiger partial charge in [-0.1, -0.05) is 0 Å². The van der Waals surface area contributed by atoms with Crippen LogP contribution in [0.25, 0.3) is 0 Å². The van der Waals surface area contributed by atoms with Crippen molar-refractivity contribution in [2.45, 2.75) is 11.8 Å². The molecule has 8 heteroatoms. The number of hydrogen-bond donors (Lipinski definition) is 2. The highest BCUT2D eigenvalue weighted by Crippen LogP contribution is 2.28. The Labute approximate surface area is 138 Å². The Kier molecular flexibility index (Phi) is 4.60. The van der Waals surface area contributed by atoms with Crippen LogP contribution in [0.3, 0.4) is 0 Å². The predicted molar refractivity (Wildman–Crippen MR) is 88.2 cm³/mol. The summed E-state index contributed by atoms with van der Waals surface area (Å²) in [5.74, 6) is -0.545. The van der Waals surface area contributed by atoms with E-state index in [9.17, 15) is 12.8 Å². The molecule has 2 aromatic carbocycles. The largest absolute Gasteiger partial charge is 0.398 e. The molecule has 21 heavy (non-hydrogen) atoms. The fraction of sp³-hybridized carbons (Fsp3) is 0.0769. The lowest BCUT2D eigenvalue weighted by atomic mass is 10.2. The van der Waals surface area contributed by atoms with E-state index >= 15 is 0 Å². The fourth-order valence-electron chi connectivity index (χ4n) is 1.63. The first-order valence-corrected chi connectivity index (χ1v) is 8.81. The van der Waals surface area contributed by atoms with Crippen LogP contribution >= 0.6 is 31.9 Å². The number of hydrogen-bond acceptors (Lipinski definition) is 3. The molecule has 0 aromatic heterocycles. The molecule has 0 saturated carbocycles. The van der Waals surface area contributed by atoms with E-state index < -0.39 is 15.8 Å². The summed E-state index contributed by atoms with van der Waals surface area (Å²) in [5, 5.41) is 0. The Balaban J connectivity index is 2.42. The number of aryl methyl sites for hydroxylation is 1. The molecule has 2 aromatic rings. The number of halogens is 3. The highest BCUT2D eigenvalue weighted by molar-refractivity contribution is 9.10. The maximum absolute atomic E-state index is 13.5. The summed E-state index contributed by atoms with van der Waals surface area (Å²) in [6.07, 6.45) is 0. The van der Waals surface area contributed by atoms with Crippen LogP contribution in [0, 0.1) is 12.7 Å². The number of anilines is 2. The van der Waals surface area contributed by atoms with Gasteiger partial charge in [-0.3, -0.25) is 4.72 Å². The molecule has 0 aliphatic heterocycles. The molecule has 0 atom stereocenters. The summed E-state index contributed by atoms with van der Waals surface area (Å²) < 4.78 is 41.3. The van der Waals surface area contributed by atoms with Gasteiger partial charge >= 0.3 is 0 Å². The third-order valence-electron chi connectivity index (χ3n) is 2.79. The number of benzene rings is 2. The molecule has 0 aliphatic carbocycles. The summed E-state index contributed by atoms with van der Waals surface area (Å²) >= 11 is 6.23. The average molecular weight is 438 g/mol. The van der Waals surface area contributed by atoms with Gasteiger partial charge < -0.3 is 5.73 Å². The number of nitrogens with one attached hydrogen (secondary N) is 1. The molecule has 0 bridgehead atoms. The molecule has 3 N–H and O–H groups in total. The van der Waals surface area contributed by atoms with E-state index in [4.69, 9.17) is 5.73 Å². The summed E-state index contributed by atoms with van der Waals surface area (Å²) in [4.78, 5) is 0.0336. The van der Waals surface area contributed by atoms with E-state index in [0.717, 1.165) is 6.07 Å². The molecular formula is C13H11Br2FN2O2S. The van der Waals surface area contributed by atoms with Gasteiger partial charge in [0.15, 0.2) is 0 Å². The second kappa shape index (κ2) is 5.94. The molecule has 0 saturated heterocycles. The van der Waals surface area contributed by atoms with Gasteiger partial charge in [0.05, 0.1) is 15.1 Å². The first-order chi connectivity index (χ1) is 9.70. The summed E-state index contributed by atoms with van der Waals surface area (Å²) in [6, 6.07) is 6.89. The van der Waals surface area contributed by atoms with Gasteiger partial charge in [0.2, 0.25) is 0 Å². The fourth-order valence-corrected chi connectivity index (χ4v) is 3.77. The lowest BCUT2D eigenvalue weighted by Gasteiger charge is -2.12. The standard InChI is InChI=1S/C13H11Br2FN2O2S/c1-7-4-9(14)11(16)6-13(7)18-21(19,20)8-2-3-12(17)10(15)5-8/h2-6,18H,17H2,1H3. The monoisotopic (exact) mass is 436 g/mol. The quantitative estimate of drug-likeness (QED) is 0.711. The van der Waals surface area contributed by atoms with E-state index in [1.54, 1.807) is 6.92 Å². The van der Waals surface area contributed by atoms with E-state index in [1.807, 2.05) is 0 Å². The second-order valence-corrected chi connectivity index (χ2v) is 7.76. The van der Waals surface area contributed by atoms with Crippen molar-refractivity contribution in [2.24, 2.45) is 0 Å². The number of sulfonamides is 1. The zero-order valence-corrected chi connectivity index (χ0v) is 14.8. The van der Waals surface area contributed by atoms with Crippen molar-refractivity contribution < 1.29 is 12.8 Å². The molecule has 0 spiro atoms. The van der Waals surface area contributed by atoms with Gasteiger partial charge in [0, 0.05) is 10.2 Å². The lowest BCUT2D eigenvalue weighted by molar-refractivity contribution is 0.601. The third kappa shape index (κ3) is 3.56. The van der Waals surface area contributed by atoms with Gasteiger partial charge in [0.1, 0.15) is 5.82 Å². The number of rotatable bonds is 3. The van der Waals surface area contributed by atoms with E-state index in [-0.39, 0.29) is 15.1 Å². The predicted octanol–water partition coefficient (Wildman–Crippen LogP) is 4.04. The van der Waals surface area contributed by atoms with Crippen molar-refractivity contribution in [3.63, 3.8) is 0 Å². The van der Waals surface area contributed by atoms with Gasteiger partial charge in [-0.15, -0.1) is 0 Å². The maximum Gasteiger partial charge on any atom is 0.261 e. The smallest absolute Gasteiger partial charge is 0.261 e. The van der Waals surface area contributed by atoms with Crippen molar-refractivity contribution >= 4 is 53.3 Å².